The Morgan fingerprint density at radius 2 is 1.14 bits per heavy atom. The van der Waals surface area contributed by atoms with Gasteiger partial charge in [0.25, 0.3) is 0 Å². The lowest BCUT2D eigenvalue weighted by Gasteiger charge is -2.08. The van der Waals surface area contributed by atoms with E-state index in [1.165, 1.54) is 47.1 Å². The zero-order valence-corrected chi connectivity index (χ0v) is 16.3. The van der Waals surface area contributed by atoms with E-state index >= 15 is 0 Å². The fourth-order valence-electron chi connectivity index (χ4n) is 4.02. The topological polar surface area (TPSA) is 24.1 Å². The van der Waals surface area contributed by atoms with Crippen molar-refractivity contribution in [1.82, 2.24) is 10.6 Å². The van der Waals surface area contributed by atoms with Crippen LogP contribution >= 0.6 is 0 Å². The van der Waals surface area contributed by atoms with Crippen LogP contribution in [0.15, 0.2) is 78.9 Å². The zero-order chi connectivity index (χ0) is 18.8. The molecular weight excluding hydrogens is 340 g/mol. The molecule has 0 aliphatic heterocycles. The highest BCUT2D eigenvalue weighted by Crippen LogP contribution is 2.41. The number of hydrogen-bond acceptors (Lipinski definition) is 2. The van der Waals surface area contributed by atoms with Crippen LogP contribution in [0.3, 0.4) is 0 Å². The van der Waals surface area contributed by atoms with Crippen LogP contribution in [0.25, 0.3) is 22.3 Å². The molecule has 28 heavy (non-hydrogen) atoms. The van der Waals surface area contributed by atoms with Crippen LogP contribution in [-0.2, 0) is 0 Å². The van der Waals surface area contributed by atoms with E-state index < -0.39 is 0 Å². The lowest BCUT2D eigenvalue weighted by molar-refractivity contribution is 0.600. The van der Waals surface area contributed by atoms with Gasteiger partial charge in [-0.1, -0.05) is 78.9 Å². The van der Waals surface area contributed by atoms with Gasteiger partial charge in [-0.05, 0) is 47.1 Å². The summed E-state index contributed by atoms with van der Waals surface area (Å²) in [6, 6.07) is 30.1. The Hall–Kier alpha value is -2.42. The van der Waals surface area contributed by atoms with E-state index in [0.717, 1.165) is 19.1 Å². The lowest BCUT2D eigenvalue weighted by atomic mass is 9.99. The summed E-state index contributed by atoms with van der Waals surface area (Å²) < 4.78 is 0. The van der Waals surface area contributed by atoms with E-state index in [2.05, 4.69) is 89.5 Å². The zero-order valence-electron chi connectivity index (χ0n) is 16.3. The van der Waals surface area contributed by atoms with Gasteiger partial charge in [-0.3, -0.25) is 0 Å². The Labute approximate surface area is 168 Å². The molecule has 5 rings (SSSR count). The SMILES string of the molecule is c1ccc(-c2ccc(-c3ccc(C4C[C@@H]4NCCNC4CC4)cc3)cc2)cc1. The van der Waals surface area contributed by atoms with Crippen molar-refractivity contribution in [1.29, 1.82) is 0 Å². The number of hydrogen-bond donors (Lipinski definition) is 2. The van der Waals surface area contributed by atoms with Crippen molar-refractivity contribution >= 4 is 0 Å². The third kappa shape index (κ3) is 4.19. The summed E-state index contributed by atoms with van der Waals surface area (Å²) >= 11 is 0. The first-order chi connectivity index (χ1) is 13.9. The second-order valence-corrected chi connectivity index (χ2v) is 8.20. The van der Waals surface area contributed by atoms with Crippen molar-refractivity contribution in [3.05, 3.63) is 84.4 Å². The molecule has 2 nitrogen and oxygen atoms in total. The molecule has 2 aliphatic rings. The van der Waals surface area contributed by atoms with Crippen LogP contribution in [-0.4, -0.2) is 25.2 Å². The van der Waals surface area contributed by atoms with E-state index in [0.29, 0.717) is 12.0 Å². The summed E-state index contributed by atoms with van der Waals surface area (Å²) in [6.45, 7) is 2.19. The standard InChI is InChI=1S/C26H28N2/c1-2-4-19(5-3-1)20-6-8-21(9-7-20)22-10-12-23(13-11-22)25-18-26(25)28-17-16-27-24-14-15-24/h1-13,24-28H,14-18H2/t25?,26-/m0/s1. The smallest absolute Gasteiger partial charge is 0.0143 e. The molecule has 0 radical (unpaired) electrons. The van der Waals surface area contributed by atoms with Crippen molar-refractivity contribution in [2.45, 2.75) is 37.3 Å². The van der Waals surface area contributed by atoms with Crippen molar-refractivity contribution in [2.24, 2.45) is 0 Å². The van der Waals surface area contributed by atoms with Gasteiger partial charge in [0.15, 0.2) is 0 Å². The molecule has 0 spiro atoms. The molecule has 2 N–H and O–H groups in total. The van der Waals surface area contributed by atoms with Gasteiger partial charge >= 0.3 is 0 Å². The highest BCUT2D eigenvalue weighted by molar-refractivity contribution is 5.70. The third-order valence-electron chi connectivity index (χ3n) is 6.00. The van der Waals surface area contributed by atoms with E-state index in [4.69, 9.17) is 0 Å². The van der Waals surface area contributed by atoms with Crippen LogP contribution in [0.4, 0.5) is 0 Å². The summed E-state index contributed by atoms with van der Waals surface area (Å²) in [5.41, 5.74) is 6.58. The molecule has 3 aromatic rings. The van der Waals surface area contributed by atoms with Gasteiger partial charge in [0, 0.05) is 31.1 Å². The van der Waals surface area contributed by atoms with E-state index in [1.807, 2.05) is 0 Å². The van der Waals surface area contributed by atoms with E-state index in [-0.39, 0.29) is 0 Å². The van der Waals surface area contributed by atoms with E-state index in [1.54, 1.807) is 0 Å². The van der Waals surface area contributed by atoms with Crippen molar-refractivity contribution in [3.63, 3.8) is 0 Å². The summed E-state index contributed by atoms with van der Waals surface area (Å²) in [7, 11) is 0. The first-order valence-electron chi connectivity index (χ1n) is 10.6. The fraction of sp³-hybridized carbons (Fsp3) is 0.308. The molecule has 2 saturated carbocycles. The predicted molar refractivity (Wildman–Crippen MR) is 117 cm³/mol. The Bertz CT molecular complexity index is 895. The number of benzene rings is 3. The van der Waals surface area contributed by atoms with Gasteiger partial charge in [-0.2, -0.15) is 0 Å². The van der Waals surface area contributed by atoms with E-state index in [9.17, 15) is 0 Å². The van der Waals surface area contributed by atoms with Gasteiger partial charge < -0.3 is 10.6 Å². The molecule has 142 valence electrons. The van der Waals surface area contributed by atoms with Gasteiger partial charge in [-0.25, -0.2) is 0 Å². The molecule has 0 saturated heterocycles. The molecule has 1 unspecified atom stereocenters. The van der Waals surface area contributed by atoms with Gasteiger partial charge in [0.2, 0.25) is 0 Å². The van der Waals surface area contributed by atoms with Gasteiger partial charge in [-0.15, -0.1) is 0 Å². The maximum absolute atomic E-state index is 3.69. The maximum atomic E-state index is 3.69. The van der Waals surface area contributed by atoms with Crippen LogP contribution in [0.2, 0.25) is 0 Å². The Kier molecular flexibility index (Phi) is 4.99. The van der Waals surface area contributed by atoms with Gasteiger partial charge in [0.05, 0.1) is 0 Å². The van der Waals surface area contributed by atoms with Crippen LogP contribution < -0.4 is 10.6 Å². The minimum Gasteiger partial charge on any atom is -0.313 e. The minimum atomic E-state index is 0.664. The molecule has 0 bridgehead atoms. The Morgan fingerprint density at radius 1 is 0.607 bits per heavy atom. The first kappa shape index (κ1) is 17.7. The monoisotopic (exact) mass is 368 g/mol. The highest BCUT2D eigenvalue weighted by atomic mass is 15.0. The average Bonchev–Trinajstić information content (AvgIpc) is 3.68. The highest BCUT2D eigenvalue weighted by Gasteiger charge is 2.37. The van der Waals surface area contributed by atoms with Gasteiger partial charge in [0.1, 0.15) is 0 Å². The van der Waals surface area contributed by atoms with Crippen molar-refractivity contribution < 1.29 is 0 Å². The first-order valence-corrected chi connectivity index (χ1v) is 10.6. The lowest BCUT2D eigenvalue weighted by Crippen LogP contribution is -2.30. The third-order valence-corrected chi connectivity index (χ3v) is 6.00. The Morgan fingerprint density at radius 3 is 1.75 bits per heavy atom. The van der Waals surface area contributed by atoms with Crippen molar-refractivity contribution in [2.75, 3.05) is 13.1 Å². The summed E-state index contributed by atoms with van der Waals surface area (Å²) in [4.78, 5) is 0. The predicted octanol–water partition coefficient (Wildman–Crippen LogP) is 5.22. The summed E-state index contributed by atoms with van der Waals surface area (Å²) in [5.74, 6) is 0.690. The summed E-state index contributed by atoms with van der Waals surface area (Å²) in [6.07, 6.45) is 4.01. The largest absolute Gasteiger partial charge is 0.313 e. The Balaban J connectivity index is 1.17. The minimum absolute atomic E-state index is 0.664. The molecule has 0 aromatic heterocycles. The average molecular weight is 369 g/mol. The second kappa shape index (κ2) is 7.90. The quantitative estimate of drug-likeness (QED) is 0.533. The molecule has 2 heteroatoms. The maximum Gasteiger partial charge on any atom is 0.0143 e. The number of nitrogens with one attached hydrogen (secondary N) is 2. The fourth-order valence-corrected chi connectivity index (χ4v) is 4.02. The van der Waals surface area contributed by atoms with Crippen LogP contribution in [0.1, 0.15) is 30.7 Å². The second-order valence-electron chi connectivity index (χ2n) is 8.20. The molecular formula is C26H28N2. The molecule has 3 aromatic carbocycles. The summed E-state index contributed by atoms with van der Waals surface area (Å²) in [5, 5.41) is 7.27. The molecule has 0 heterocycles. The normalized spacial score (nSPS) is 20.9. The van der Waals surface area contributed by atoms with Crippen LogP contribution in [0.5, 0.6) is 0 Å². The molecule has 2 fully saturated rings. The number of rotatable bonds is 8. The molecule has 0 amide bonds. The van der Waals surface area contributed by atoms with Crippen molar-refractivity contribution in [3.8, 4) is 22.3 Å². The molecule has 2 aliphatic carbocycles. The van der Waals surface area contributed by atoms with Crippen LogP contribution in [0, 0.1) is 0 Å². The molecule has 2 atom stereocenters.